The third-order valence-electron chi connectivity index (χ3n) is 3.01. The van der Waals surface area contributed by atoms with Crippen molar-refractivity contribution in [2.24, 2.45) is 0 Å². The number of hydrogen-bond donors (Lipinski definition) is 1. The van der Waals surface area contributed by atoms with Crippen LogP contribution in [0.2, 0.25) is 0 Å². The number of nitrogens with zero attached hydrogens (tertiary/aromatic N) is 2. The molecule has 2 aromatic rings. The monoisotopic (exact) mass is 291 g/mol. The summed E-state index contributed by atoms with van der Waals surface area (Å²) in [4.78, 5) is 5.96. The molecule has 0 bridgehead atoms. The van der Waals surface area contributed by atoms with Crippen LogP contribution in [0.4, 0.5) is 5.69 Å². The molecule has 2 N–H and O–H groups in total. The summed E-state index contributed by atoms with van der Waals surface area (Å²) < 4.78 is 0. The summed E-state index contributed by atoms with van der Waals surface area (Å²) in [6.45, 7) is 3.04. The van der Waals surface area contributed by atoms with Crippen LogP contribution in [0, 0.1) is 0 Å². The van der Waals surface area contributed by atoms with Gasteiger partial charge in [-0.15, -0.1) is 0 Å². The van der Waals surface area contributed by atoms with Crippen LogP contribution < -0.4 is 5.73 Å². The molecule has 0 amide bonds. The molecule has 0 saturated heterocycles. The maximum atomic E-state index is 5.30. The predicted molar refractivity (Wildman–Crippen MR) is 92.7 cm³/mol. The maximum absolute atomic E-state index is 5.30. The molecule has 3 rings (SSSR count). The highest BCUT2D eigenvalue weighted by molar-refractivity contribution is 5.32. The van der Waals surface area contributed by atoms with Crippen molar-refractivity contribution in [1.82, 2.24) is 9.88 Å². The van der Waals surface area contributed by atoms with Crippen molar-refractivity contribution >= 4 is 5.69 Å². The second-order valence-corrected chi connectivity index (χ2v) is 5.02. The highest BCUT2D eigenvalue weighted by Crippen LogP contribution is 2.10. The third kappa shape index (κ3) is 5.67. The van der Waals surface area contributed by atoms with Crippen LogP contribution in [0.25, 0.3) is 0 Å². The standard InChI is InChI=1S/C14H15N.C5H6N2/c1-13-7-5-6-10-15(11-13)12-14-8-3-2-4-9-14;6-5-2-1-3-7-4-5/h2-11H,12H2,1H3;1-4H,6H2. The summed E-state index contributed by atoms with van der Waals surface area (Å²) >= 11 is 0. The third-order valence-corrected chi connectivity index (χ3v) is 3.01. The van der Waals surface area contributed by atoms with Crippen molar-refractivity contribution in [1.29, 1.82) is 0 Å². The normalized spacial score (nSPS) is 13.0. The lowest BCUT2D eigenvalue weighted by Crippen LogP contribution is -2.08. The first-order valence-electron chi connectivity index (χ1n) is 7.22. The van der Waals surface area contributed by atoms with Gasteiger partial charge in [0.05, 0.1) is 5.69 Å². The van der Waals surface area contributed by atoms with Gasteiger partial charge in [0, 0.05) is 31.3 Å². The minimum absolute atomic E-state index is 0.711. The molecule has 1 aromatic heterocycles. The second-order valence-electron chi connectivity index (χ2n) is 5.02. The van der Waals surface area contributed by atoms with Gasteiger partial charge in [0.25, 0.3) is 0 Å². The van der Waals surface area contributed by atoms with E-state index in [9.17, 15) is 0 Å². The van der Waals surface area contributed by atoms with Crippen molar-refractivity contribution in [2.75, 3.05) is 5.73 Å². The van der Waals surface area contributed by atoms with E-state index in [1.54, 1.807) is 24.5 Å². The Hall–Kier alpha value is -2.81. The summed E-state index contributed by atoms with van der Waals surface area (Å²) in [5, 5.41) is 0. The smallest absolute Gasteiger partial charge is 0.0500 e. The van der Waals surface area contributed by atoms with Gasteiger partial charge in [-0.2, -0.15) is 0 Å². The Morgan fingerprint density at radius 2 is 1.86 bits per heavy atom. The maximum Gasteiger partial charge on any atom is 0.0500 e. The zero-order valence-electron chi connectivity index (χ0n) is 12.8. The fraction of sp³-hybridized carbons (Fsp3) is 0.105. The Balaban J connectivity index is 0.000000211. The van der Waals surface area contributed by atoms with Crippen molar-refractivity contribution in [3.05, 3.63) is 96.6 Å². The molecule has 3 nitrogen and oxygen atoms in total. The molecule has 3 heteroatoms. The van der Waals surface area contributed by atoms with E-state index in [0.29, 0.717) is 5.69 Å². The van der Waals surface area contributed by atoms with Gasteiger partial charge in [0.1, 0.15) is 0 Å². The largest absolute Gasteiger partial charge is 0.397 e. The van der Waals surface area contributed by atoms with E-state index in [1.165, 1.54) is 11.1 Å². The molecule has 1 aliphatic rings. The Kier molecular flexibility index (Phi) is 6.00. The first-order valence-corrected chi connectivity index (χ1v) is 7.22. The lowest BCUT2D eigenvalue weighted by Gasteiger charge is -2.15. The van der Waals surface area contributed by atoms with Crippen molar-refractivity contribution in [3.63, 3.8) is 0 Å². The lowest BCUT2D eigenvalue weighted by atomic mass is 10.2. The van der Waals surface area contributed by atoms with E-state index in [-0.39, 0.29) is 0 Å². The highest BCUT2D eigenvalue weighted by atomic mass is 15.1. The van der Waals surface area contributed by atoms with E-state index < -0.39 is 0 Å². The zero-order valence-corrected chi connectivity index (χ0v) is 12.8. The van der Waals surface area contributed by atoms with Gasteiger partial charge in [-0.05, 0) is 36.3 Å². The quantitative estimate of drug-likeness (QED) is 0.904. The SMILES string of the molecule is CC1=CN(Cc2ccccc2)C=CC=C1.Nc1cccnc1. The molecule has 0 unspecified atom stereocenters. The number of rotatable bonds is 2. The fourth-order valence-corrected chi connectivity index (χ4v) is 1.98. The van der Waals surface area contributed by atoms with Gasteiger partial charge >= 0.3 is 0 Å². The molecular weight excluding hydrogens is 270 g/mol. The van der Waals surface area contributed by atoms with Gasteiger partial charge in [-0.3, -0.25) is 4.98 Å². The van der Waals surface area contributed by atoms with Crippen LogP contribution in [0.1, 0.15) is 12.5 Å². The second kappa shape index (κ2) is 8.47. The first kappa shape index (κ1) is 15.6. The number of anilines is 1. The zero-order chi connectivity index (χ0) is 15.6. The van der Waals surface area contributed by atoms with Crippen LogP contribution in [-0.4, -0.2) is 9.88 Å². The molecule has 22 heavy (non-hydrogen) atoms. The molecule has 0 spiro atoms. The van der Waals surface area contributed by atoms with Gasteiger partial charge < -0.3 is 10.6 Å². The van der Waals surface area contributed by atoms with Gasteiger partial charge in [0.2, 0.25) is 0 Å². The molecular formula is C19H21N3. The summed E-state index contributed by atoms with van der Waals surface area (Å²) in [5.74, 6) is 0. The molecule has 0 saturated carbocycles. The van der Waals surface area contributed by atoms with Crippen LogP contribution in [0.15, 0.2) is 91.1 Å². The van der Waals surface area contributed by atoms with Gasteiger partial charge in [-0.1, -0.05) is 42.5 Å². The molecule has 0 fully saturated rings. The van der Waals surface area contributed by atoms with Gasteiger partial charge in [0.15, 0.2) is 0 Å². The number of nitrogens with two attached hydrogens (primary N) is 1. The summed E-state index contributed by atoms with van der Waals surface area (Å²) in [6, 6.07) is 14.1. The van der Waals surface area contributed by atoms with Gasteiger partial charge in [-0.25, -0.2) is 0 Å². The molecule has 2 heterocycles. The van der Waals surface area contributed by atoms with E-state index in [0.717, 1.165) is 6.54 Å². The number of hydrogen-bond acceptors (Lipinski definition) is 3. The van der Waals surface area contributed by atoms with Crippen LogP contribution in [-0.2, 0) is 6.54 Å². The number of allylic oxidation sites excluding steroid dienone is 4. The van der Waals surface area contributed by atoms with E-state index in [4.69, 9.17) is 5.73 Å². The van der Waals surface area contributed by atoms with Crippen LogP contribution >= 0.6 is 0 Å². The van der Waals surface area contributed by atoms with E-state index >= 15 is 0 Å². The molecule has 0 aliphatic carbocycles. The minimum Gasteiger partial charge on any atom is -0.397 e. The summed E-state index contributed by atoms with van der Waals surface area (Å²) in [6.07, 6.45) is 13.8. The molecule has 1 aromatic carbocycles. The topological polar surface area (TPSA) is 42.1 Å². The van der Waals surface area contributed by atoms with Crippen molar-refractivity contribution in [3.8, 4) is 0 Å². The Morgan fingerprint density at radius 3 is 2.50 bits per heavy atom. The number of benzene rings is 1. The summed E-state index contributed by atoms with van der Waals surface area (Å²) in [5.41, 5.74) is 8.61. The average Bonchev–Trinajstić information content (AvgIpc) is 2.74. The van der Waals surface area contributed by atoms with E-state index in [2.05, 4.69) is 71.7 Å². The molecule has 1 aliphatic heterocycles. The van der Waals surface area contributed by atoms with Crippen LogP contribution in [0.5, 0.6) is 0 Å². The molecule has 0 atom stereocenters. The minimum atomic E-state index is 0.711. The molecule has 112 valence electrons. The number of nitrogen functional groups attached to an aromatic ring is 1. The van der Waals surface area contributed by atoms with E-state index in [1.807, 2.05) is 6.07 Å². The lowest BCUT2D eigenvalue weighted by molar-refractivity contribution is 0.499. The predicted octanol–water partition coefficient (Wildman–Crippen LogP) is 4.14. The van der Waals surface area contributed by atoms with Crippen molar-refractivity contribution in [2.45, 2.75) is 13.5 Å². The number of aromatic nitrogens is 1. The average molecular weight is 291 g/mol. The number of pyridine rings is 1. The highest BCUT2D eigenvalue weighted by Gasteiger charge is 1.99. The Bertz CT molecular complexity index is 643. The van der Waals surface area contributed by atoms with Crippen molar-refractivity contribution < 1.29 is 0 Å². The fourth-order valence-electron chi connectivity index (χ4n) is 1.98. The Labute approximate surface area is 132 Å². The molecule has 0 radical (unpaired) electrons. The summed E-state index contributed by atoms with van der Waals surface area (Å²) in [7, 11) is 0. The van der Waals surface area contributed by atoms with Crippen LogP contribution in [0.3, 0.4) is 0 Å². The Morgan fingerprint density at radius 1 is 1.05 bits per heavy atom. The first-order chi connectivity index (χ1) is 10.7.